The normalized spacial score (nSPS) is 14.4. The fourth-order valence-electron chi connectivity index (χ4n) is 2.61. The number of thioether (sulfide) groups is 2. The molecule has 0 radical (unpaired) electrons. The number of hydrogen-bond donors (Lipinski definition) is 2. The summed E-state index contributed by atoms with van der Waals surface area (Å²) in [5, 5.41) is 11.8. The van der Waals surface area contributed by atoms with E-state index in [4.69, 9.17) is 5.11 Å². The van der Waals surface area contributed by atoms with Crippen LogP contribution in [-0.4, -0.2) is 28.5 Å². The molecule has 1 heterocycles. The summed E-state index contributed by atoms with van der Waals surface area (Å²) in [6.45, 7) is 0. The zero-order chi connectivity index (χ0) is 17.6. The van der Waals surface area contributed by atoms with Gasteiger partial charge >= 0.3 is 5.97 Å². The van der Waals surface area contributed by atoms with Crippen LogP contribution in [0.3, 0.4) is 0 Å². The standard InChI is InChI=1S/C19H19NO3S2/c21-17(9-6-13-4-7-14(8-5-13)18(22)23)20-16-3-1-2-15(12-16)19-24-10-11-25-19/h1-5,7-8,12,19H,6,9-11H2,(H,20,21)(H,22,23). The van der Waals surface area contributed by atoms with Crippen molar-refractivity contribution in [3.05, 3.63) is 65.2 Å². The van der Waals surface area contributed by atoms with Gasteiger partial charge in [0.2, 0.25) is 5.91 Å². The van der Waals surface area contributed by atoms with Gasteiger partial charge in [-0.15, -0.1) is 23.5 Å². The van der Waals surface area contributed by atoms with Crippen LogP contribution in [0.5, 0.6) is 0 Å². The van der Waals surface area contributed by atoms with E-state index >= 15 is 0 Å². The molecule has 1 aliphatic heterocycles. The number of rotatable bonds is 6. The second-order valence-corrected chi connectivity index (χ2v) is 8.47. The molecule has 2 aromatic carbocycles. The van der Waals surface area contributed by atoms with E-state index in [9.17, 15) is 9.59 Å². The maximum atomic E-state index is 12.2. The zero-order valence-electron chi connectivity index (χ0n) is 13.6. The number of aromatic carboxylic acids is 1. The number of carboxylic acid groups (broad SMARTS) is 1. The maximum absolute atomic E-state index is 12.2. The summed E-state index contributed by atoms with van der Waals surface area (Å²) in [5.74, 6) is 1.37. The summed E-state index contributed by atoms with van der Waals surface area (Å²) in [7, 11) is 0. The highest BCUT2D eigenvalue weighted by Crippen LogP contribution is 2.45. The molecule has 1 amide bonds. The lowest BCUT2D eigenvalue weighted by Crippen LogP contribution is -2.12. The minimum atomic E-state index is -0.942. The van der Waals surface area contributed by atoms with Crippen molar-refractivity contribution in [2.45, 2.75) is 17.4 Å². The van der Waals surface area contributed by atoms with Gasteiger partial charge in [-0.2, -0.15) is 0 Å². The number of hydrogen-bond acceptors (Lipinski definition) is 4. The molecule has 130 valence electrons. The molecule has 4 nitrogen and oxygen atoms in total. The number of benzene rings is 2. The minimum absolute atomic E-state index is 0.0359. The lowest BCUT2D eigenvalue weighted by atomic mass is 10.1. The van der Waals surface area contributed by atoms with Crippen LogP contribution in [0.4, 0.5) is 5.69 Å². The molecule has 0 spiro atoms. The molecule has 0 saturated carbocycles. The SMILES string of the molecule is O=C(CCc1ccc(C(=O)O)cc1)Nc1cccc(C2SCCS2)c1. The van der Waals surface area contributed by atoms with Gasteiger partial charge in [-0.3, -0.25) is 4.79 Å². The number of anilines is 1. The van der Waals surface area contributed by atoms with Crippen LogP contribution in [0.25, 0.3) is 0 Å². The molecule has 25 heavy (non-hydrogen) atoms. The van der Waals surface area contributed by atoms with Gasteiger partial charge in [-0.05, 0) is 41.8 Å². The van der Waals surface area contributed by atoms with Crippen LogP contribution in [0.1, 0.15) is 32.5 Å². The summed E-state index contributed by atoms with van der Waals surface area (Å²) in [5.41, 5.74) is 3.28. The molecule has 0 aliphatic carbocycles. The van der Waals surface area contributed by atoms with Crippen molar-refractivity contribution >= 4 is 41.1 Å². The van der Waals surface area contributed by atoms with E-state index in [0.29, 0.717) is 17.4 Å². The van der Waals surface area contributed by atoms with Crippen LogP contribution in [0, 0.1) is 0 Å². The molecular weight excluding hydrogens is 354 g/mol. The Labute approximate surface area is 155 Å². The topological polar surface area (TPSA) is 66.4 Å². The van der Waals surface area contributed by atoms with E-state index in [1.165, 1.54) is 17.1 Å². The molecule has 3 rings (SSSR count). The fraction of sp³-hybridized carbons (Fsp3) is 0.263. The maximum Gasteiger partial charge on any atom is 0.335 e. The van der Waals surface area contributed by atoms with Crippen LogP contribution < -0.4 is 5.32 Å². The molecule has 2 aromatic rings. The lowest BCUT2D eigenvalue weighted by Gasteiger charge is -2.11. The van der Waals surface area contributed by atoms with E-state index in [1.807, 2.05) is 35.7 Å². The van der Waals surface area contributed by atoms with Crippen molar-refractivity contribution in [2.75, 3.05) is 16.8 Å². The van der Waals surface area contributed by atoms with Gasteiger partial charge in [0.05, 0.1) is 10.1 Å². The predicted octanol–water partition coefficient (Wildman–Crippen LogP) is 4.43. The van der Waals surface area contributed by atoms with Crippen molar-refractivity contribution < 1.29 is 14.7 Å². The van der Waals surface area contributed by atoms with E-state index in [2.05, 4.69) is 17.4 Å². The first-order valence-electron chi connectivity index (χ1n) is 8.07. The average Bonchev–Trinajstić information content (AvgIpc) is 3.15. The molecule has 1 aliphatic rings. The fourth-order valence-corrected chi connectivity index (χ4v) is 5.45. The van der Waals surface area contributed by atoms with Crippen molar-refractivity contribution in [3.8, 4) is 0 Å². The summed E-state index contributed by atoms with van der Waals surface area (Å²) in [6.07, 6.45) is 0.948. The molecule has 0 unspecified atom stereocenters. The number of carbonyl (C=O) groups is 2. The van der Waals surface area contributed by atoms with Crippen molar-refractivity contribution in [1.29, 1.82) is 0 Å². The Balaban J connectivity index is 1.53. The van der Waals surface area contributed by atoms with Crippen LogP contribution in [0.2, 0.25) is 0 Å². The van der Waals surface area contributed by atoms with Gasteiger partial charge in [0.1, 0.15) is 0 Å². The highest BCUT2D eigenvalue weighted by molar-refractivity contribution is 8.19. The van der Waals surface area contributed by atoms with Gasteiger partial charge in [-0.25, -0.2) is 4.79 Å². The molecule has 1 fully saturated rings. The molecule has 1 saturated heterocycles. The number of nitrogens with one attached hydrogen (secondary N) is 1. The zero-order valence-corrected chi connectivity index (χ0v) is 15.2. The van der Waals surface area contributed by atoms with E-state index < -0.39 is 5.97 Å². The Morgan fingerprint density at radius 2 is 1.80 bits per heavy atom. The molecule has 0 aromatic heterocycles. The van der Waals surface area contributed by atoms with Crippen LogP contribution in [-0.2, 0) is 11.2 Å². The minimum Gasteiger partial charge on any atom is -0.478 e. The van der Waals surface area contributed by atoms with Crippen LogP contribution >= 0.6 is 23.5 Å². The quantitative estimate of drug-likeness (QED) is 0.784. The smallest absolute Gasteiger partial charge is 0.335 e. The third-order valence-electron chi connectivity index (χ3n) is 3.91. The molecule has 2 N–H and O–H groups in total. The van der Waals surface area contributed by atoms with E-state index in [-0.39, 0.29) is 11.5 Å². The summed E-state index contributed by atoms with van der Waals surface area (Å²) < 4.78 is 0.463. The second-order valence-electron chi connectivity index (χ2n) is 5.75. The summed E-state index contributed by atoms with van der Waals surface area (Å²) >= 11 is 3.88. The largest absolute Gasteiger partial charge is 0.478 e. The molecule has 0 bridgehead atoms. The van der Waals surface area contributed by atoms with Gasteiger partial charge in [-0.1, -0.05) is 24.3 Å². The highest BCUT2D eigenvalue weighted by Gasteiger charge is 2.18. The number of carbonyl (C=O) groups excluding carboxylic acids is 1. The Morgan fingerprint density at radius 1 is 1.08 bits per heavy atom. The van der Waals surface area contributed by atoms with E-state index in [0.717, 1.165) is 11.3 Å². The monoisotopic (exact) mass is 373 g/mol. The number of aryl methyl sites for hydroxylation is 1. The van der Waals surface area contributed by atoms with Crippen molar-refractivity contribution in [3.63, 3.8) is 0 Å². The Morgan fingerprint density at radius 3 is 2.48 bits per heavy atom. The van der Waals surface area contributed by atoms with Gasteiger partial charge in [0.25, 0.3) is 0 Å². The van der Waals surface area contributed by atoms with E-state index in [1.54, 1.807) is 24.3 Å². The predicted molar refractivity (Wildman–Crippen MR) is 104 cm³/mol. The lowest BCUT2D eigenvalue weighted by molar-refractivity contribution is -0.116. The first-order valence-corrected chi connectivity index (χ1v) is 10.2. The first-order chi connectivity index (χ1) is 12.1. The Bertz CT molecular complexity index is 756. The Hall–Kier alpha value is -1.92. The number of carboxylic acids is 1. The highest BCUT2D eigenvalue weighted by atomic mass is 32.2. The van der Waals surface area contributed by atoms with Gasteiger partial charge in [0, 0.05) is 23.6 Å². The van der Waals surface area contributed by atoms with Crippen molar-refractivity contribution in [1.82, 2.24) is 0 Å². The number of amides is 1. The summed E-state index contributed by atoms with van der Waals surface area (Å²) in [4.78, 5) is 23.0. The molecular formula is C19H19NO3S2. The summed E-state index contributed by atoms with van der Waals surface area (Å²) in [6, 6.07) is 14.7. The third kappa shape index (κ3) is 5.03. The molecule has 6 heteroatoms. The first kappa shape index (κ1) is 17.9. The van der Waals surface area contributed by atoms with Crippen molar-refractivity contribution in [2.24, 2.45) is 0 Å². The Kier molecular flexibility index (Phi) is 6.04. The van der Waals surface area contributed by atoms with Gasteiger partial charge < -0.3 is 10.4 Å². The average molecular weight is 373 g/mol. The van der Waals surface area contributed by atoms with Gasteiger partial charge in [0.15, 0.2) is 0 Å². The third-order valence-corrected chi connectivity index (χ3v) is 7.01. The molecule has 0 atom stereocenters. The van der Waals surface area contributed by atoms with Crippen LogP contribution in [0.15, 0.2) is 48.5 Å². The second kappa shape index (κ2) is 8.45.